The summed E-state index contributed by atoms with van der Waals surface area (Å²) in [4.78, 5) is 16.9. The van der Waals surface area contributed by atoms with Gasteiger partial charge < -0.3 is 23.8 Å². The van der Waals surface area contributed by atoms with E-state index in [1.165, 1.54) is 7.11 Å². The number of morpholine rings is 1. The minimum absolute atomic E-state index is 0.0186. The van der Waals surface area contributed by atoms with Gasteiger partial charge in [0.2, 0.25) is 11.8 Å². The van der Waals surface area contributed by atoms with Crippen LogP contribution in [0.15, 0.2) is 59.1 Å². The van der Waals surface area contributed by atoms with Crippen molar-refractivity contribution in [2.75, 3.05) is 44.9 Å². The quantitative estimate of drug-likeness (QED) is 0.538. The highest BCUT2D eigenvalue weighted by molar-refractivity contribution is 5.78. The molecule has 3 aromatic rings. The maximum absolute atomic E-state index is 13.0. The standard InChI is InChI=1S/C25H29N3O4/c1-19-7-6-10-21(15-19)24-22(25(32-26-24)27-11-13-31-14-12-27)17-28(23(29)18-30-2)16-20-8-4-3-5-9-20/h3-10,15H,11-14,16-18H2,1-2H3. The number of carbonyl (C=O) groups is 1. The van der Waals surface area contributed by atoms with Crippen LogP contribution in [-0.4, -0.2) is 56.0 Å². The molecule has 0 N–H and O–H groups in total. The third-order valence-corrected chi connectivity index (χ3v) is 5.54. The molecule has 1 aromatic heterocycles. The van der Waals surface area contributed by atoms with Gasteiger partial charge >= 0.3 is 0 Å². The maximum atomic E-state index is 13.0. The first-order valence-corrected chi connectivity index (χ1v) is 10.8. The number of hydrogen-bond acceptors (Lipinski definition) is 6. The summed E-state index contributed by atoms with van der Waals surface area (Å²) < 4.78 is 16.5. The van der Waals surface area contributed by atoms with Crippen LogP contribution in [0.3, 0.4) is 0 Å². The molecule has 0 aliphatic carbocycles. The van der Waals surface area contributed by atoms with Gasteiger partial charge in [-0.25, -0.2) is 0 Å². The number of ether oxygens (including phenoxy) is 2. The van der Waals surface area contributed by atoms with Crippen molar-refractivity contribution in [2.24, 2.45) is 0 Å². The number of methoxy groups -OCH3 is 1. The molecule has 7 nitrogen and oxygen atoms in total. The fraction of sp³-hybridized carbons (Fsp3) is 0.360. The van der Waals surface area contributed by atoms with Crippen LogP contribution in [0.25, 0.3) is 11.3 Å². The molecule has 7 heteroatoms. The molecule has 4 rings (SSSR count). The number of nitrogens with zero attached hydrogens (tertiary/aromatic N) is 3. The van der Waals surface area contributed by atoms with Gasteiger partial charge in [-0.1, -0.05) is 59.3 Å². The molecule has 0 radical (unpaired) electrons. The summed E-state index contributed by atoms with van der Waals surface area (Å²) in [6.45, 7) is 5.63. The summed E-state index contributed by atoms with van der Waals surface area (Å²) in [5.74, 6) is 0.619. The zero-order valence-corrected chi connectivity index (χ0v) is 18.6. The van der Waals surface area contributed by atoms with E-state index < -0.39 is 0 Å². The Kier molecular flexibility index (Phi) is 7.19. The maximum Gasteiger partial charge on any atom is 0.249 e. The van der Waals surface area contributed by atoms with E-state index in [1.807, 2.05) is 42.5 Å². The lowest BCUT2D eigenvalue weighted by Gasteiger charge is -2.28. The minimum Gasteiger partial charge on any atom is -0.378 e. The van der Waals surface area contributed by atoms with E-state index in [9.17, 15) is 4.79 Å². The lowest BCUT2D eigenvalue weighted by Crippen LogP contribution is -2.37. The predicted molar refractivity (Wildman–Crippen MR) is 122 cm³/mol. The fourth-order valence-electron chi connectivity index (χ4n) is 3.92. The molecule has 1 fully saturated rings. The number of anilines is 1. The van der Waals surface area contributed by atoms with E-state index in [0.29, 0.717) is 32.2 Å². The van der Waals surface area contributed by atoms with E-state index in [2.05, 4.69) is 29.1 Å². The number of aryl methyl sites for hydroxylation is 1. The Bertz CT molecular complexity index is 1030. The second kappa shape index (κ2) is 10.4. The number of rotatable bonds is 8. The van der Waals surface area contributed by atoms with Crippen LogP contribution in [-0.2, 0) is 27.4 Å². The first-order chi connectivity index (χ1) is 15.7. The van der Waals surface area contributed by atoms with Gasteiger partial charge in [-0.05, 0) is 18.6 Å². The molecule has 0 atom stereocenters. The zero-order valence-electron chi connectivity index (χ0n) is 18.6. The van der Waals surface area contributed by atoms with Crippen LogP contribution in [0.2, 0.25) is 0 Å². The number of aromatic nitrogens is 1. The molecular formula is C25H29N3O4. The average Bonchev–Trinajstić information content (AvgIpc) is 3.23. The number of hydrogen-bond donors (Lipinski definition) is 0. The van der Waals surface area contributed by atoms with Gasteiger partial charge in [0.1, 0.15) is 12.3 Å². The molecule has 2 heterocycles. The summed E-state index contributed by atoms with van der Waals surface area (Å²) in [6, 6.07) is 18.1. The van der Waals surface area contributed by atoms with Crippen molar-refractivity contribution < 1.29 is 18.8 Å². The highest BCUT2D eigenvalue weighted by Crippen LogP contribution is 2.33. The van der Waals surface area contributed by atoms with Gasteiger partial charge in [-0.2, -0.15) is 0 Å². The molecule has 0 saturated carbocycles. The normalized spacial score (nSPS) is 13.9. The van der Waals surface area contributed by atoms with E-state index >= 15 is 0 Å². The van der Waals surface area contributed by atoms with Crippen molar-refractivity contribution in [2.45, 2.75) is 20.0 Å². The van der Waals surface area contributed by atoms with E-state index in [0.717, 1.165) is 41.0 Å². The largest absolute Gasteiger partial charge is 0.378 e. The van der Waals surface area contributed by atoms with E-state index in [4.69, 9.17) is 14.0 Å². The lowest BCUT2D eigenvalue weighted by molar-refractivity contribution is -0.136. The molecule has 168 valence electrons. The van der Waals surface area contributed by atoms with Gasteiger partial charge in [-0.3, -0.25) is 4.79 Å². The van der Waals surface area contributed by atoms with Crippen LogP contribution in [0, 0.1) is 6.92 Å². The van der Waals surface area contributed by atoms with Crippen LogP contribution in [0.4, 0.5) is 5.88 Å². The van der Waals surface area contributed by atoms with Gasteiger partial charge in [0.05, 0.1) is 25.3 Å². The van der Waals surface area contributed by atoms with Crippen molar-refractivity contribution in [3.8, 4) is 11.3 Å². The molecule has 0 spiro atoms. The fourth-order valence-corrected chi connectivity index (χ4v) is 3.92. The molecular weight excluding hydrogens is 406 g/mol. The third-order valence-electron chi connectivity index (χ3n) is 5.54. The van der Waals surface area contributed by atoms with Gasteiger partial charge in [-0.15, -0.1) is 0 Å². The summed E-state index contributed by atoms with van der Waals surface area (Å²) in [5, 5.41) is 4.44. The molecule has 1 aliphatic heterocycles. The van der Waals surface area contributed by atoms with Gasteiger partial charge in [0.15, 0.2) is 0 Å². The molecule has 0 unspecified atom stereocenters. The average molecular weight is 436 g/mol. The molecule has 2 aromatic carbocycles. The minimum atomic E-state index is -0.0827. The van der Waals surface area contributed by atoms with Crippen molar-refractivity contribution in [3.05, 3.63) is 71.3 Å². The van der Waals surface area contributed by atoms with Crippen LogP contribution in [0.1, 0.15) is 16.7 Å². The summed E-state index contributed by atoms with van der Waals surface area (Å²) in [6.07, 6.45) is 0. The van der Waals surface area contributed by atoms with E-state index in [-0.39, 0.29) is 12.5 Å². The van der Waals surface area contributed by atoms with Crippen molar-refractivity contribution in [1.29, 1.82) is 0 Å². The van der Waals surface area contributed by atoms with Crippen molar-refractivity contribution >= 4 is 11.8 Å². The Labute approximate surface area is 188 Å². The smallest absolute Gasteiger partial charge is 0.249 e. The molecule has 0 bridgehead atoms. The number of carbonyl (C=O) groups excluding carboxylic acids is 1. The summed E-state index contributed by atoms with van der Waals surface area (Å²) >= 11 is 0. The Morgan fingerprint density at radius 1 is 1.09 bits per heavy atom. The van der Waals surface area contributed by atoms with Crippen molar-refractivity contribution in [1.82, 2.24) is 10.1 Å². The second-order valence-electron chi connectivity index (χ2n) is 7.95. The topological polar surface area (TPSA) is 68.0 Å². The van der Waals surface area contributed by atoms with Crippen LogP contribution < -0.4 is 4.90 Å². The number of benzene rings is 2. The Morgan fingerprint density at radius 2 is 1.88 bits per heavy atom. The Hall–Kier alpha value is -3.16. The highest BCUT2D eigenvalue weighted by atomic mass is 16.5. The highest BCUT2D eigenvalue weighted by Gasteiger charge is 2.27. The monoisotopic (exact) mass is 435 g/mol. The summed E-state index contributed by atoms with van der Waals surface area (Å²) in [5.41, 5.74) is 4.83. The van der Waals surface area contributed by atoms with Crippen molar-refractivity contribution in [3.63, 3.8) is 0 Å². The van der Waals surface area contributed by atoms with Gasteiger partial charge in [0.25, 0.3) is 0 Å². The predicted octanol–water partition coefficient (Wildman–Crippen LogP) is 3.66. The van der Waals surface area contributed by atoms with Crippen LogP contribution >= 0.6 is 0 Å². The van der Waals surface area contributed by atoms with Gasteiger partial charge in [0, 0.05) is 32.3 Å². The van der Waals surface area contributed by atoms with E-state index in [1.54, 1.807) is 4.90 Å². The first kappa shape index (κ1) is 22.0. The number of amides is 1. The van der Waals surface area contributed by atoms with Crippen LogP contribution in [0.5, 0.6) is 0 Å². The zero-order chi connectivity index (χ0) is 22.3. The second-order valence-corrected chi connectivity index (χ2v) is 7.95. The first-order valence-electron chi connectivity index (χ1n) is 10.8. The molecule has 1 amide bonds. The lowest BCUT2D eigenvalue weighted by atomic mass is 10.0. The molecule has 32 heavy (non-hydrogen) atoms. The third kappa shape index (κ3) is 5.18. The Balaban J connectivity index is 1.72. The Morgan fingerprint density at radius 3 is 2.59 bits per heavy atom. The summed E-state index contributed by atoms with van der Waals surface area (Å²) in [7, 11) is 1.54. The molecule has 1 aliphatic rings. The molecule has 1 saturated heterocycles. The SMILES string of the molecule is COCC(=O)N(Cc1ccccc1)Cc1c(-c2cccc(C)c2)noc1N1CCOCC1.